The molecule has 1 spiro atoms. The van der Waals surface area contributed by atoms with Crippen LogP contribution in [-0.4, -0.2) is 57.2 Å². The predicted molar refractivity (Wildman–Crippen MR) is 263 cm³/mol. The number of hydrogen-bond donors (Lipinski definition) is 0. The highest BCUT2D eigenvalue weighted by atomic mass is 28.4. The first kappa shape index (κ1) is 43.8. The van der Waals surface area contributed by atoms with E-state index in [0.29, 0.717) is 10.3 Å². The van der Waals surface area contributed by atoms with E-state index in [-0.39, 0.29) is 5.04 Å². The molecule has 0 amide bonds. The fourth-order valence-electron chi connectivity index (χ4n) is 12.9. The maximum absolute atomic E-state index is 6.89. The maximum atomic E-state index is 6.89. The summed E-state index contributed by atoms with van der Waals surface area (Å²) in [7, 11) is -11.9. The van der Waals surface area contributed by atoms with E-state index in [2.05, 4.69) is 192 Å². The standard InChI is InChI=1S/C46H78OSi7/c1-33-31-46(38-25-21-23-27-40(38)47-41-28-24-22-26-39(41)46)48(32-34(33)2)42-36(44(51(9,10)11)52(12,13)14)29-35(43(49(3,4)5)50(6,7)8)30-37(42)45(53(15,16)17)54(18,19)20/h21-30,43-45,48H,31-32H2,1-20H3/t48-/m1/s1. The summed E-state index contributed by atoms with van der Waals surface area (Å²) in [4.78, 5) is 0. The van der Waals surface area contributed by atoms with Gasteiger partial charge in [0.05, 0.1) is 8.80 Å². The fourth-order valence-corrected chi connectivity index (χ4v) is 56.9. The number of fused-ring (bicyclic) bond motifs is 4. The van der Waals surface area contributed by atoms with Crippen LogP contribution in [0.15, 0.2) is 71.8 Å². The Bertz CT molecular complexity index is 1760. The van der Waals surface area contributed by atoms with Gasteiger partial charge in [0.2, 0.25) is 0 Å². The first-order chi connectivity index (χ1) is 24.4. The van der Waals surface area contributed by atoms with Crippen molar-refractivity contribution in [2.45, 2.75) is 165 Å². The normalized spacial score (nSPS) is 18.4. The summed E-state index contributed by atoms with van der Waals surface area (Å²) in [5, 5.41) is 3.96. The summed E-state index contributed by atoms with van der Waals surface area (Å²) in [6.45, 7) is 53.8. The van der Waals surface area contributed by atoms with Gasteiger partial charge >= 0.3 is 0 Å². The van der Waals surface area contributed by atoms with Gasteiger partial charge in [0.1, 0.15) is 11.5 Å². The van der Waals surface area contributed by atoms with Crippen molar-refractivity contribution < 1.29 is 4.74 Å². The van der Waals surface area contributed by atoms with Gasteiger partial charge in [-0.1, -0.05) is 194 Å². The molecule has 0 unspecified atom stereocenters. The lowest BCUT2D eigenvalue weighted by Gasteiger charge is -2.52. The highest BCUT2D eigenvalue weighted by molar-refractivity contribution is 6.98. The molecular weight excluding hydrogens is 765 g/mol. The van der Waals surface area contributed by atoms with E-state index < -0.39 is 57.2 Å². The second kappa shape index (κ2) is 14.5. The monoisotopic (exact) mass is 842 g/mol. The van der Waals surface area contributed by atoms with Crippen molar-refractivity contribution in [3.63, 3.8) is 0 Å². The van der Waals surface area contributed by atoms with Crippen molar-refractivity contribution in [3.8, 4) is 11.5 Å². The number of rotatable bonds is 10. The molecule has 0 radical (unpaired) electrons. The van der Waals surface area contributed by atoms with Gasteiger partial charge in [-0.3, -0.25) is 0 Å². The Morgan fingerprint density at radius 1 is 0.500 bits per heavy atom. The molecule has 0 saturated carbocycles. The summed E-state index contributed by atoms with van der Waals surface area (Å²) in [6, 6.07) is 25.7. The van der Waals surface area contributed by atoms with Crippen LogP contribution >= 0.6 is 0 Å². The Labute approximate surface area is 340 Å². The lowest BCUT2D eigenvalue weighted by atomic mass is 9.81. The number of para-hydroxylation sites is 2. The van der Waals surface area contributed by atoms with Crippen LogP contribution in [0, 0.1) is 0 Å². The molecule has 54 heavy (non-hydrogen) atoms. The summed E-state index contributed by atoms with van der Waals surface area (Å²) in [6.07, 6.45) is 1.11. The molecule has 1 nitrogen and oxygen atoms in total. The Hall–Kier alpha value is -1.28. The SMILES string of the molecule is CC1=C(C)CC2(c3ccccc3Oc3ccccc32)[Si@@H](c2c(C([Si](C)(C)C)[Si](C)(C)C)cc(C([Si](C)(C)C)[Si](C)(C)C)cc2C([Si](C)(C)C)[Si](C)(C)C)C1. The first-order valence-electron chi connectivity index (χ1n) is 21.1. The van der Waals surface area contributed by atoms with Crippen molar-refractivity contribution in [2.24, 2.45) is 0 Å². The third-order valence-corrected chi connectivity index (χ3v) is 45.4. The van der Waals surface area contributed by atoms with E-state index in [9.17, 15) is 0 Å². The molecule has 0 aliphatic carbocycles. The molecule has 0 N–H and O–H groups in total. The molecule has 8 heteroatoms. The third-order valence-electron chi connectivity index (χ3n) is 13.1. The fraction of sp³-hybridized carbons (Fsp3) is 0.565. The molecule has 2 aliphatic rings. The van der Waals surface area contributed by atoms with E-state index in [1.165, 1.54) is 17.2 Å². The van der Waals surface area contributed by atoms with E-state index in [0.717, 1.165) is 23.1 Å². The van der Waals surface area contributed by atoms with Gasteiger partial charge < -0.3 is 4.74 Å². The van der Waals surface area contributed by atoms with Gasteiger partial charge in [0, 0.05) is 64.6 Å². The number of allylic oxidation sites excluding steroid dienone is 2. The largest absolute Gasteiger partial charge is 0.457 e. The van der Waals surface area contributed by atoms with Crippen LogP contribution in [0.5, 0.6) is 11.5 Å². The molecule has 2 aliphatic heterocycles. The predicted octanol–water partition coefficient (Wildman–Crippen LogP) is 14.0. The van der Waals surface area contributed by atoms with Gasteiger partial charge in [-0.2, -0.15) is 0 Å². The van der Waals surface area contributed by atoms with Crippen molar-refractivity contribution >= 4 is 62.4 Å². The number of hydrogen-bond acceptors (Lipinski definition) is 1. The van der Waals surface area contributed by atoms with Crippen LogP contribution in [0.2, 0.25) is 124 Å². The molecule has 3 aromatic rings. The lowest BCUT2D eigenvalue weighted by Crippen LogP contribution is -2.61. The van der Waals surface area contributed by atoms with Crippen LogP contribution < -0.4 is 9.92 Å². The molecule has 296 valence electrons. The Morgan fingerprint density at radius 2 is 0.852 bits per heavy atom. The van der Waals surface area contributed by atoms with Gasteiger partial charge in [0.25, 0.3) is 0 Å². The van der Waals surface area contributed by atoms with Crippen LogP contribution in [0.25, 0.3) is 0 Å². The van der Waals surface area contributed by atoms with Crippen LogP contribution in [0.1, 0.15) is 63.6 Å². The summed E-state index contributed by atoms with van der Waals surface area (Å²) < 4.78 is 6.89. The minimum Gasteiger partial charge on any atom is -0.457 e. The maximum Gasteiger partial charge on any atom is 0.131 e. The highest BCUT2D eigenvalue weighted by Gasteiger charge is 2.55. The Kier molecular flexibility index (Phi) is 11.8. The van der Waals surface area contributed by atoms with Gasteiger partial charge in [0.15, 0.2) is 0 Å². The molecular formula is C46H78OSi7. The zero-order chi connectivity index (χ0) is 40.8. The van der Waals surface area contributed by atoms with Gasteiger partial charge in [-0.05, 0) is 59.5 Å². The second-order valence-electron chi connectivity index (χ2n) is 24.2. The minimum atomic E-state index is -1.91. The molecule has 5 rings (SSSR count). The quantitative estimate of drug-likeness (QED) is 0.146. The third kappa shape index (κ3) is 8.19. The zero-order valence-corrected chi connectivity index (χ0v) is 45.6. The lowest BCUT2D eigenvalue weighted by molar-refractivity contribution is 0.429. The second-order valence-corrected chi connectivity index (χ2v) is 60.8. The summed E-state index contributed by atoms with van der Waals surface area (Å²) in [5.41, 5.74) is 11.6. The van der Waals surface area contributed by atoms with Crippen molar-refractivity contribution in [3.05, 3.63) is 99.6 Å². The number of benzene rings is 3. The van der Waals surface area contributed by atoms with E-state index >= 15 is 0 Å². The molecule has 0 aromatic heterocycles. The average Bonchev–Trinajstić information content (AvgIpc) is 2.95. The van der Waals surface area contributed by atoms with Crippen LogP contribution in [-0.2, 0) is 5.04 Å². The van der Waals surface area contributed by atoms with Crippen molar-refractivity contribution in [1.29, 1.82) is 0 Å². The smallest absolute Gasteiger partial charge is 0.131 e. The molecule has 1 atom stereocenters. The van der Waals surface area contributed by atoms with E-state index in [1.54, 1.807) is 16.7 Å². The summed E-state index contributed by atoms with van der Waals surface area (Å²) >= 11 is 0. The molecule has 0 saturated heterocycles. The average molecular weight is 844 g/mol. The van der Waals surface area contributed by atoms with Gasteiger partial charge in [-0.25, -0.2) is 0 Å². The van der Waals surface area contributed by atoms with Crippen molar-refractivity contribution in [2.75, 3.05) is 0 Å². The zero-order valence-electron chi connectivity index (χ0n) is 38.4. The van der Waals surface area contributed by atoms with E-state index in [4.69, 9.17) is 4.74 Å². The highest BCUT2D eigenvalue weighted by Crippen LogP contribution is 2.56. The topological polar surface area (TPSA) is 9.23 Å². The summed E-state index contributed by atoms with van der Waals surface area (Å²) in [5.74, 6) is 2.19. The molecule has 0 fully saturated rings. The molecule has 2 heterocycles. The van der Waals surface area contributed by atoms with Gasteiger partial charge in [-0.15, -0.1) is 0 Å². The number of ether oxygens (including phenoxy) is 1. The Balaban J connectivity index is 2.13. The van der Waals surface area contributed by atoms with Crippen molar-refractivity contribution in [1.82, 2.24) is 0 Å². The first-order valence-corrected chi connectivity index (χ1v) is 44.5. The van der Waals surface area contributed by atoms with Crippen LogP contribution in [0.3, 0.4) is 0 Å². The van der Waals surface area contributed by atoms with E-state index in [1.807, 2.05) is 16.3 Å². The minimum absolute atomic E-state index is 0.0656. The Morgan fingerprint density at radius 3 is 1.20 bits per heavy atom. The van der Waals surface area contributed by atoms with Crippen LogP contribution in [0.4, 0.5) is 0 Å². The molecule has 3 aromatic carbocycles. The molecule has 0 bridgehead atoms.